The highest BCUT2D eigenvalue weighted by molar-refractivity contribution is 6.03. The van der Waals surface area contributed by atoms with Crippen molar-refractivity contribution in [2.45, 2.75) is 26.2 Å². The molecule has 2 aromatic rings. The molecule has 1 N–H and O–H groups in total. The Morgan fingerprint density at radius 3 is 2.88 bits per heavy atom. The molecule has 2 saturated heterocycles. The summed E-state index contributed by atoms with van der Waals surface area (Å²) >= 11 is 0. The van der Waals surface area contributed by atoms with Crippen LogP contribution in [0.15, 0.2) is 24.4 Å². The Morgan fingerprint density at radius 2 is 2.04 bits per heavy atom. The number of nitrogens with zero attached hydrogens (tertiary/aromatic N) is 4. The van der Waals surface area contributed by atoms with Gasteiger partial charge in [0.25, 0.3) is 0 Å². The molecule has 2 aliphatic rings. The molecule has 0 saturated carbocycles. The largest absolute Gasteiger partial charge is 0.368 e. The molecule has 0 radical (unpaired) electrons. The van der Waals surface area contributed by atoms with Gasteiger partial charge in [0, 0.05) is 43.5 Å². The predicted molar refractivity (Wildman–Crippen MR) is 107 cm³/mol. The number of pyridine rings is 1. The van der Waals surface area contributed by atoms with Crippen molar-refractivity contribution in [2.24, 2.45) is 5.92 Å². The van der Waals surface area contributed by atoms with Crippen LogP contribution in [0.1, 0.15) is 31.7 Å². The SMILES string of the molecule is CC1CCCN(c2ncc(N3CCCNCC3)c3cccc(C#N)c23)C1. The van der Waals surface area contributed by atoms with E-state index < -0.39 is 0 Å². The Labute approximate surface area is 155 Å². The molecule has 136 valence electrons. The highest BCUT2D eigenvalue weighted by atomic mass is 15.2. The van der Waals surface area contributed by atoms with Crippen LogP contribution >= 0.6 is 0 Å². The van der Waals surface area contributed by atoms with E-state index in [4.69, 9.17) is 4.98 Å². The number of fused-ring (bicyclic) bond motifs is 1. The Hall–Kier alpha value is -2.32. The summed E-state index contributed by atoms with van der Waals surface area (Å²) in [5, 5.41) is 15.4. The number of anilines is 2. The third-order valence-corrected chi connectivity index (χ3v) is 5.63. The van der Waals surface area contributed by atoms with Crippen LogP contribution < -0.4 is 15.1 Å². The highest BCUT2D eigenvalue weighted by Gasteiger charge is 2.23. The summed E-state index contributed by atoms with van der Waals surface area (Å²) in [6.45, 7) is 8.42. The standard InChI is InChI=1S/C21H27N5/c1-16-5-3-10-26(15-16)21-20-17(13-22)6-2-7-18(20)19(14-24-21)25-11-4-8-23-9-12-25/h2,6-7,14,16,23H,3-5,8-12,15H2,1H3. The molecule has 1 unspecified atom stereocenters. The van der Waals surface area contributed by atoms with Crippen LogP contribution in [0.4, 0.5) is 11.5 Å². The van der Waals surface area contributed by atoms with Crippen LogP contribution in [0.2, 0.25) is 0 Å². The van der Waals surface area contributed by atoms with Crippen molar-refractivity contribution in [2.75, 3.05) is 49.1 Å². The smallest absolute Gasteiger partial charge is 0.137 e. The van der Waals surface area contributed by atoms with Crippen LogP contribution in [0, 0.1) is 17.2 Å². The van der Waals surface area contributed by atoms with Crippen LogP contribution in [-0.2, 0) is 0 Å². The molecule has 0 bridgehead atoms. The topological polar surface area (TPSA) is 55.2 Å². The van der Waals surface area contributed by atoms with Crippen molar-refractivity contribution < 1.29 is 0 Å². The van der Waals surface area contributed by atoms with Gasteiger partial charge in [0.2, 0.25) is 0 Å². The molecule has 5 heteroatoms. The van der Waals surface area contributed by atoms with Gasteiger partial charge < -0.3 is 15.1 Å². The maximum atomic E-state index is 9.74. The van der Waals surface area contributed by atoms with E-state index in [1.165, 1.54) is 12.8 Å². The average Bonchev–Trinajstić information content (AvgIpc) is 2.96. The Balaban J connectivity index is 1.84. The molecule has 1 aromatic carbocycles. The third-order valence-electron chi connectivity index (χ3n) is 5.63. The van der Waals surface area contributed by atoms with E-state index >= 15 is 0 Å². The molecular formula is C21H27N5. The molecule has 4 rings (SSSR count). The van der Waals surface area contributed by atoms with Gasteiger partial charge in [-0.3, -0.25) is 0 Å². The van der Waals surface area contributed by atoms with Crippen molar-refractivity contribution in [1.29, 1.82) is 5.26 Å². The molecule has 0 spiro atoms. The minimum atomic E-state index is 0.672. The molecular weight excluding hydrogens is 322 g/mol. The Kier molecular flexibility index (Phi) is 4.94. The van der Waals surface area contributed by atoms with Crippen molar-refractivity contribution in [3.05, 3.63) is 30.0 Å². The van der Waals surface area contributed by atoms with Crippen molar-refractivity contribution in [3.63, 3.8) is 0 Å². The van der Waals surface area contributed by atoms with E-state index in [2.05, 4.69) is 34.2 Å². The van der Waals surface area contributed by atoms with Crippen LogP contribution in [0.3, 0.4) is 0 Å². The van der Waals surface area contributed by atoms with E-state index in [1.807, 2.05) is 18.3 Å². The number of benzene rings is 1. The van der Waals surface area contributed by atoms with Gasteiger partial charge in [-0.05, 0) is 37.8 Å². The normalized spacial score (nSPS) is 21.5. The second kappa shape index (κ2) is 7.51. The van der Waals surface area contributed by atoms with Gasteiger partial charge in [-0.1, -0.05) is 19.1 Å². The van der Waals surface area contributed by atoms with Crippen molar-refractivity contribution >= 4 is 22.3 Å². The fraction of sp³-hybridized carbons (Fsp3) is 0.524. The number of aromatic nitrogens is 1. The summed E-state index contributed by atoms with van der Waals surface area (Å²) in [5.74, 6) is 1.66. The predicted octanol–water partition coefficient (Wildman–Crippen LogP) is 3.14. The van der Waals surface area contributed by atoms with Gasteiger partial charge in [-0.15, -0.1) is 0 Å². The zero-order valence-electron chi connectivity index (χ0n) is 15.5. The highest BCUT2D eigenvalue weighted by Crippen LogP contribution is 2.36. The fourth-order valence-corrected chi connectivity index (χ4v) is 4.32. The molecule has 5 nitrogen and oxygen atoms in total. The zero-order valence-corrected chi connectivity index (χ0v) is 15.5. The monoisotopic (exact) mass is 349 g/mol. The lowest BCUT2D eigenvalue weighted by Gasteiger charge is -2.33. The van der Waals surface area contributed by atoms with E-state index in [0.29, 0.717) is 5.92 Å². The number of rotatable bonds is 2. The lowest BCUT2D eigenvalue weighted by molar-refractivity contribution is 0.445. The molecule has 0 aliphatic carbocycles. The molecule has 2 fully saturated rings. The van der Waals surface area contributed by atoms with Gasteiger partial charge in [0.1, 0.15) is 5.82 Å². The summed E-state index contributed by atoms with van der Waals surface area (Å²) in [7, 11) is 0. The average molecular weight is 349 g/mol. The van der Waals surface area contributed by atoms with Gasteiger partial charge in [-0.2, -0.15) is 5.26 Å². The van der Waals surface area contributed by atoms with Crippen LogP contribution in [0.25, 0.3) is 10.8 Å². The van der Waals surface area contributed by atoms with E-state index in [-0.39, 0.29) is 0 Å². The Morgan fingerprint density at radius 1 is 1.15 bits per heavy atom. The van der Waals surface area contributed by atoms with E-state index in [1.54, 1.807) is 0 Å². The number of nitriles is 1. The minimum absolute atomic E-state index is 0.672. The molecule has 3 heterocycles. The second-order valence-corrected chi connectivity index (χ2v) is 7.59. The molecule has 1 atom stereocenters. The number of nitrogens with one attached hydrogen (secondary N) is 1. The quantitative estimate of drug-likeness (QED) is 0.903. The Bertz CT molecular complexity index is 817. The van der Waals surface area contributed by atoms with Crippen LogP contribution in [-0.4, -0.2) is 44.3 Å². The van der Waals surface area contributed by atoms with Gasteiger partial charge >= 0.3 is 0 Å². The summed E-state index contributed by atoms with van der Waals surface area (Å²) < 4.78 is 0. The van der Waals surface area contributed by atoms with Gasteiger partial charge in [0.15, 0.2) is 0 Å². The first-order chi connectivity index (χ1) is 12.8. The van der Waals surface area contributed by atoms with Gasteiger partial charge in [0.05, 0.1) is 23.5 Å². The summed E-state index contributed by atoms with van der Waals surface area (Å²) in [5.41, 5.74) is 1.90. The lowest BCUT2D eigenvalue weighted by atomic mass is 9.98. The lowest BCUT2D eigenvalue weighted by Crippen LogP contribution is -2.35. The van der Waals surface area contributed by atoms with Gasteiger partial charge in [-0.25, -0.2) is 4.98 Å². The number of hydrogen-bond donors (Lipinski definition) is 1. The summed E-state index contributed by atoms with van der Waals surface area (Å²) in [4.78, 5) is 9.69. The first-order valence-electron chi connectivity index (χ1n) is 9.80. The third kappa shape index (κ3) is 3.22. The maximum Gasteiger partial charge on any atom is 0.137 e. The second-order valence-electron chi connectivity index (χ2n) is 7.59. The number of hydrogen-bond acceptors (Lipinski definition) is 5. The molecule has 2 aliphatic heterocycles. The first-order valence-corrected chi connectivity index (χ1v) is 9.80. The summed E-state index contributed by atoms with van der Waals surface area (Å²) in [6.07, 6.45) is 5.63. The van der Waals surface area contributed by atoms with Crippen molar-refractivity contribution in [1.82, 2.24) is 10.3 Å². The van der Waals surface area contributed by atoms with E-state index in [0.717, 1.165) is 73.5 Å². The minimum Gasteiger partial charge on any atom is -0.368 e. The van der Waals surface area contributed by atoms with E-state index in [9.17, 15) is 5.26 Å². The van der Waals surface area contributed by atoms with Crippen molar-refractivity contribution in [3.8, 4) is 6.07 Å². The number of piperidine rings is 1. The maximum absolute atomic E-state index is 9.74. The first kappa shape index (κ1) is 17.1. The van der Waals surface area contributed by atoms with Crippen LogP contribution in [0.5, 0.6) is 0 Å². The summed E-state index contributed by atoms with van der Waals surface area (Å²) in [6, 6.07) is 8.49. The molecule has 1 aromatic heterocycles. The molecule has 26 heavy (non-hydrogen) atoms. The molecule has 0 amide bonds. The fourth-order valence-electron chi connectivity index (χ4n) is 4.32. The zero-order chi connectivity index (χ0) is 17.9.